The molecule has 0 saturated heterocycles. The first-order valence-electron chi connectivity index (χ1n) is 13.5. The number of carbonyl (C=O) groups excluding carboxylic acids is 2. The fraction of sp³-hybridized carbons (Fsp3) is 0.333. The first-order chi connectivity index (χ1) is 19.6. The van der Waals surface area contributed by atoms with Crippen molar-refractivity contribution in [2.24, 2.45) is 0 Å². The molecule has 0 spiro atoms. The number of benzene rings is 3. The summed E-state index contributed by atoms with van der Waals surface area (Å²) in [5.41, 5.74) is 2.79. The predicted octanol–water partition coefficient (Wildman–Crippen LogP) is 6.72. The summed E-state index contributed by atoms with van der Waals surface area (Å²) in [6, 6.07) is 25.4. The van der Waals surface area contributed by atoms with E-state index in [-0.39, 0.29) is 17.2 Å². The summed E-state index contributed by atoms with van der Waals surface area (Å²) in [5, 5.41) is 0.213. The molecule has 0 aliphatic heterocycles. The Hall–Kier alpha value is -3.71. The minimum Gasteiger partial charge on any atom is -0.493 e. The van der Waals surface area contributed by atoms with Gasteiger partial charge in [-0.05, 0) is 66.5 Å². The normalized spacial score (nSPS) is 11.7. The molecule has 0 aliphatic carbocycles. The highest BCUT2D eigenvalue weighted by Crippen LogP contribution is 2.23. The molecule has 0 amide bonds. The molecule has 0 radical (unpaired) electrons. The summed E-state index contributed by atoms with van der Waals surface area (Å²) < 4.78 is 21.4. The van der Waals surface area contributed by atoms with Gasteiger partial charge in [-0.2, -0.15) is 11.8 Å². The van der Waals surface area contributed by atoms with Crippen molar-refractivity contribution in [1.82, 2.24) is 0 Å². The number of esters is 2. The van der Waals surface area contributed by atoms with E-state index in [4.69, 9.17) is 18.9 Å². The Morgan fingerprint density at radius 2 is 1.55 bits per heavy atom. The van der Waals surface area contributed by atoms with Crippen LogP contribution in [0.2, 0.25) is 0 Å². The molecule has 40 heavy (non-hydrogen) atoms. The monoisotopic (exact) mass is 562 g/mol. The van der Waals surface area contributed by atoms with Gasteiger partial charge in [0.2, 0.25) is 0 Å². The van der Waals surface area contributed by atoms with Crippen LogP contribution in [0.3, 0.4) is 0 Å². The summed E-state index contributed by atoms with van der Waals surface area (Å²) in [6.45, 7) is 1.18. The Balaban J connectivity index is 1.55. The van der Waals surface area contributed by atoms with Gasteiger partial charge in [-0.25, -0.2) is 4.79 Å². The second-order valence-corrected chi connectivity index (χ2v) is 10.4. The number of rotatable bonds is 17. The maximum atomic E-state index is 11.8. The minimum absolute atomic E-state index is 0.186. The van der Waals surface area contributed by atoms with Crippen LogP contribution in [0.1, 0.15) is 40.7 Å². The molecule has 0 aliphatic rings. The molecule has 0 saturated carbocycles. The fourth-order valence-electron chi connectivity index (χ4n) is 3.97. The van der Waals surface area contributed by atoms with Crippen LogP contribution >= 0.6 is 11.8 Å². The number of ether oxygens (including phenoxy) is 4. The van der Waals surface area contributed by atoms with E-state index in [0.717, 1.165) is 54.1 Å². The van der Waals surface area contributed by atoms with Crippen LogP contribution in [0.4, 0.5) is 0 Å². The Labute approximate surface area is 241 Å². The van der Waals surface area contributed by atoms with Crippen LogP contribution in [0.25, 0.3) is 0 Å². The number of allylic oxidation sites excluding steroid dienone is 1. The molecule has 7 heteroatoms. The van der Waals surface area contributed by atoms with Crippen molar-refractivity contribution in [3.63, 3.8) is 0 Å². The number of methoxy groups -OCH3 is 2. The molecule has 3 aromatic rings. The molecule has 212 valence electrons. The van der Waals surface area contributed by atoms with Gasteiger partial charge in [-0.15, -0.1) is 0 Å². The Bertz CT molecular complexity index is 1190. The van der Waals surface area contributed by atoms with Crippen molar-refractivity contribution in [2.75, 3.05) is 33.2 Å². The first-order valence-corrected chi connectivity index (χ1v) is 14.5. The zero-order valence-corrected chi connectivity index (χ0v) is 24.1. The molecule has 0 fully saturated rings. The maximum absolute atomic E-state index is 11.8. The van der Waals surface area contributed by atoms with Crippen molar-refractivity contribution < 1.29 is 28.5 Å². The van der Waals surface area contributed by atoms with E-state index in [1.807, 2.05) is 72.4 Å². The molecule has 0 aromatic heterocycles. The highest BCUT2D eigenvalue weighted by atomic mass is 32.2. The molecule has 1 unspecified atom stereocenters. The Morgan fingerprint density at radius 3 is 2.30 bits per heavy atom. The lowest BCUT2D eigenvalue weighted by Crippen LogP contribution is -2.08. The van der Waals surface area contributed by atoms with Gasteiger partial charge in [0.25, 0.3) is 0 Å². The molecule has 1 atom stereocenters. The van der Waals surface area contributed by atoms with Gasteiger partial charge in [-0.1, -0.05) is 60.7 Å². The molecular formula is C33H38O6S. The smallest absolute Gasteiger partial charge is 0.337 e. The van der Waals surface area contributed by atoms with E-state index >= 15 is 0 Å². The van der Waals surface area contributed by atoms with Crippen LogP contribution < -0.4 is 9.47 Å². The zero-order valence-electron chi connectivity index (χ0n) is 23.3. The van der Waals surface area contributed by atoms with Crippen molar-refractivity contribution >= 4 is 23.7 Å². The number of hydrogen-bond acceptors (Lipinski definition) is 7. The van der Waals surface area contributed by atoms with E-state index < -0.39 is 0 Å². The number of carbonyl (C=O) groups is 2. The van der Waals surface area contributed by atoms with E-state index in [1.54, 1.807) is 12.1 Å². The van der Waals surface area contributed by atoms with Gasteiger partial charge in [0.15, 0.2) is 0 Å². The average Bonchev–Trinajstić information content (AvgIpc) is 3.00. The fourth-order valence-corrected chi connectivity index (χ4v) is 5.12. The number of thioether (sulfide) groups is 1. The number of para-hydroxylation sites is 2. The van der Waals surface area contributed by atoms with Gasteiger partial charge < -0.3 is 18.9 Å². The standard InChI is InChI=1S/C33H38O6S/c1-36-32(34)17-9-24-40-30(25-26-18-20-28(21-19-26)33(35)37-2)15-8-12-27-11-6-7-16-31(27)39-23-10-22-38-29-13-4-3-5-14-29/h3-8,11,13-16,18-21,30H,9-10,12,17,22-25H2,1-2H3/b15-8-. The van der Waals surface area contributed by atoms with Crippen molar-refractivity contribution in [3.05, 3.63) is 108 Å². The van der Waals surface area contributed by atoms with Crippen molar-refractivity contribution in [3.8, 4) is 11.5 Å². The summed E-state index contributed by atoms with van der Waals surface area (Å²) in [5.74, 6) is 2.06. The highest BCUT2D eigenvalue weighted by molar-refractivity contribution is 8.00. The molecule has 3 rings (SSSR count). The van der Waals surface area contributed by atoms with E-state index in [0.29, 0.717) is 25.2 Å². The van der Waals surface area contributed by atoms with E-state index in [9.17, 15) is 9.59 Å². The summed E-state index contributed by atoms with van der Waals surface area (Å²) in [6.07, 6.45) is 7.92. The molecular weight excluding hydrogens is 524 g/mol. The largest absolute Gasteiger partial charge is 0.493 e. The second-order valence-electron chi connectivity index (χ2n) is 9.09. The first kappa shape index (κ1) is 30.8. The van der Waals surface area contributed by atoms with Gasteiger partial charge in [0, 0.05) is 18.1 Å². The third-order valence-corrected chi connectivity index (χ3v) is 7.39. The highest BCUT2D eigenvalue weighted by Gasteiger charge is 2.11. The van der Waals surface area contributed by atoms with Gasteiger partial charge >= 0.3 is 11.9 Å². The summed E-state index contributed by atoms with van der Waals surface area (Å²) in [7, 11) is 2.80. The molecule has 6 nitrogen and oxygen atoms in total. The predicted molar refractivity (Wildman–Crippen MR) is 160 cm³/mol. The lowest BCUT2D eigenvalue weighted by molar-refractivity contribution is -0.140. The number of hydrogen-bond donors (Lipinski definition) is 0. The summed E-state index contributed by atoms with van der Waals surface area (Å²) >= 11 is 1.81. The SMILES string of the molecule is COC(=O)CCCSC(/C=C\Cc1ccccc1OCCCOc1ccccc1)Cc1ccc(C(=O)OC)cc1. The molecule has 3 aromatic carbocycles. The van der Waals surface area contributed by atoms with E-state index in [2.05, 4.69) is 18.2 Å². The van der Waals surface area contributed by atoms with Gasteiger partial charge in [0.1, 0.15) is 11.5 Å². The quantitative estimate of drug-likeness (QED) is 0.103. The second kappa shape index (κ2) is 17.8. The van der Waals surface area contributed by atoms with Crippen LogP contribution in [-0.4, -0.2) is 50.4 Å². The zero-order chi connectivity index (χ0) is 28.4. The maximum Gasteiger partial charge on any atom is 0.337 e. The van der Waals surface area contributed by atoms with Crippen LogP contribution in [0, 0.1) is 0 Å². The van der Waals surface area contributed by atoms with Crippen molar-refractivity contribution in [2.45, 2.75) is 37.4 Å². The van der Waals surface area contributed by atoms with E-state index in [1.165, 1.54) is 14.2 Å². The molecule has 0 heterocycles. The van der Waals surface area contributed by atoms with Crippen LogP contribution in [0.15, 0.2) is 91.0 Å². The summed E-state index contributed by atoms with van der Waals surface area (Å²) in [4.78, 5) is 23.3. The topological polar surface area (TPSA) is 71.1 Å². The minimum atomic E-state index is -0.343. The molecule has 0 bridgehead atoms. The van der Waals surface area contributed by atoms with Gasteiger partial charge in [-0.3, -0.25) is 4.79 Å². The third-order valence-electron chi connectivity index (χ3n) is 6.12. The Morgan fingerprint density at radius 1 is 0.825 bits per heavy atom. The lowest BCUT2D eigenvalue weighted by Gasteiger charge is -2.14. The van der Waals surface area contributed by atoms with Crippen molar-refractivity contribution in [1.29, 1.82) is 0 Å². The van der Waals surface area contributed by atoms with Gasteiger partial charge in [0.05, 0.1) is 33.0 Å². The van der Waals surface area contributed by atoms with Crippen LogP contribution in [-0.2, 0) is 27.1 Å². The third kappa shape index (κ3) is 11.2. The average molecular weight is 563 g/mol. The lowest BCUT2D eigenvalue weighted by atomic mass is 10.1. The molecule has 0 N–H and O–H groups in total. The van der Waals surface area contributed by atoms with Crippen LogP contribution in [0.5, 0.6) is 11.5 Å². The Kier molecular flexibility index (Phi) is 13.7.